The predicted molar refractivity (Wildman–Crippen MR) is 139 cm³/mol. The van der Waals surface area contributed by atoms with Gasteiger partial charge in [0.2, 0.25) is 11.9 Å². The highest BCUT2D eigenvalue weighted by Gasteiger charge is 2.22. The highest BCUT2D eigenvalue weighted by molar-refractivity contribution is 7.99. The number of fused-ring (bicyclic) bond motifs is 1. The third-order valence-electron chi connectivity index (χ3n) is 6.01. The Hall–Kier alpha value is -2.91. The zero-order valence-corrected chi connectivity index (χ0v) is 21.1. The number of para-hydroxylation sites is 1. The Labute approximate surface area is 207 Å². The minimum absolute atomic E-state index is 0.0437. The van der Waals surface area contributed by atoms with Crippen molar-refractivity contribution < 1.29 is 4.79 Å². The third-order valence-corrected chi connectivity index (χ3v) is 7.94. The summed E-state index contributed by atoms with van der Waals surface area (Å²) in [5.41, 5.74) is 3.21. The largest absolute Gasteiger partial charge is 0.341 e. The molecule has 2 aromatic carbocycles. The number of carbonyl (C=O) groups excluding carboxylic acids is 1. The molecule has 0 bridgehead atoms. The van der Waals surface area contributed by atoms with E-state index in [0.717, 1.165) is 57.9 Å². The maximum Gasteiger partial charge on any atom is 0.233 e. The Kier molecular flexibility index (Phi) is 6.82. The lowest BCUT2D eigenvalue weighted by Crippen LogP contribution is -2.31. The van der Waals surface area contributed by atoms with Crippen molar-refractivity contribution in [3.05, 3.63) is 59.1 Å². The molecule has 0 aliphatic carbocycles. The highest BCUT2D eigenvalue weighted by atomic mass is 32.2. The summed E-state index contributed by atoms with van der Waals surface area (Å²) in [5, 5.41) is 10.7. The minimum atomic E-state index is 0.0437. The van der Waals surface area contributed by atoms with Gasteiger partial charge in [-0.3, -0.25) is 9.36 Å². The van der Waals surface area contributed by atoms with Crippen LogP contribution in [0.4, 0.5) is 5.95 Å². The smallest absolute Gasteiger partial charge is 0.233 e. The molecule has 0 saturated carbocycles. The van der Waals surface area contributed by atoms with Gasteiger partial charge in [0.15, 0.2) is 5.16 Å². The van der Waals surface area contributed by atoms with E-state index in [0.29, 0.717) is 12.3 Å². The Morgan fingerprint density at radius 3 is 2.59 bits per heavy atom. The van der Waals surface area contributed by atoms with Crippen LogP contribution >= 0.6 is 23.1 Å². The van der Waals surface area contributed by atoms with Crippen LogP contribution in [0, 0.1) is 6.92 Å². The first-order chi connectivity index (χ1) is 16.6. The van der Waals surface area contributed by atoms with Crippen LogP contribution in [0.15, 0.2) is 53.7 Å². The van der Waals surface area contributed by atoms with Crippen molar-refractivity contribution in [2.75, 3.05) is 30.8 Å². The van der Waals surface area contributed by atoms with E-state index in [-0.39, 0.29) is 5.91 Å². The topological polar surface area (TPSA) is 67.2 Å². The van der Waals surface area contributed by atoms with Gasteiger partial charge in [0.05, 0.1) is 28.2 Å². The third kappa shape index (κ3) is 4.95. The molecule has 1 saturated heterocycles. The van der Waals surface area contributed by atoms with E-state index in [2.05, 4.69) is 61.9 Å². The van der Waals surface area contributed by atoms with Crippen molar-refractivity contribution >= 4 is 45.2 Å². The first-order valence-corrected chi connectivity index (χ1v) is 13.4. The van der Waals surface area contributed by atoms with Gasteiger partial charge in [-0.1, -0.05) is 41.6 Å². The lowest BCUT2D eigenvalue weighted by atomic mass is 10.1. The molecule has 34 heavy (non-hydrogen) atoms. The van der Waals surface area contributed by atoms with Crippen LogP contribution in [0.5, 0.6) is 0 Å². The van der Waals surface area contributed by atoms with Gasteiger partial charge in [-0.05, 0) is 50.5 Å². The van der Waals surface area contributed by atoms with Gasteiger partial charge in [0.25, 0.3) is 0 Å². The molecule has 1 aliphatic heterocycles. The average molecular weight is 493 g/mol. The van der Waals surface area contributed by atoms with Gasteiger partial charge in [0, 0.05) is 20.1 Å². The van der Waals surface area contributed by atoms with Crippen LogP contribution in [0.3, 0.4) is 0 Å². The second-order valence-electron chi connectivity index (χ2n) is 8.62. The fourth-order valence-corrected chi connectivity index (χ4v) is 6.00. The first kappa shape index (κ1) is 22.9. The summed E-state index contributed by atoms with van der Waals surface area (Å²) >= 11 is 3.07. The van der Waals surface area contributed by atoms with Gasteiger partial charge < -0.3 is 9.80 Å². The number of aromatic nitrogens is 4. The summed E-state index contributed by atoms with van der Waals surface area (Å²) < 4.78 is 3.24. The molecule has 0 radical (unpaired) electrons. The molecule has 0 atom stereocenters. The van der Waals surface area contributed by atoms with Crippen molar-refractivity contribution in [3.8, 4) is 5.69 Å². The number of carbonyl (C=O) groups is 1. The Morgan fingerprint density at radius 1 is 1.06 bits per heavy atom. The Balaban J connectivity index is 1.31. The van der Waals surface area contributed by atoms with Crippen LogP contribution in [0.1, 0.15) is 29.8 Å². The van der Waals surface area contributed by atoms with E-state index in [1.54, 1.807) is 16.2 Å². The van der Waals surface area contributed by atoms with Gasteiger partial charge in [-0.2, -0.15) is 0 Å². The number of thiazole rings is 1. The number of hydrogen-bond acceptors (Lipinski definition) is 7. The van der Waals surface area contributed by atoms with Crippen molar-refractivity contribution in [2.24, 2.45) is 0 Å². The fraction of sp³-hybridized carbons (Fsp3) is 0.360. The molecule has 0 N–H and O–H groups in total. The summed E-state index contributed by atoms with van der Waals surface area (Å²) in [6.45, 7) is 4.55. The van der Waals surface area contributed by atoms with E-state index < -0.39 is 0 Å². The van der Waals surface area contributed by atoms with Crippen LogP contribution < -0.4 is 4.90 Å². The quantitative estimate of drug-likeness (QED) is 0.341. The van der Waals surface area contributed by atoms with E-state index >= 15 is 0 Å². The van der Waals surface area contributed by atoms with Crippen molar-refractivity contribution in [1.82, 2.24) is 24.6 Å². The van der Waals surface area contributed by atoms with Gasteiger partial charge in [-0.25, -0.2) is 4.98 Å². The van der Waals surface area contributed by atoms with E-state index in [1.165, 1.54) is 23.7 Å². The molecule has 9 heteroatoms. The standard InChI is InChI=1S/C25H28N6OS2/c1-18-10-12-19(13-11-18)31-24(30-14-6-3-7-15-30)27-28-25(31)33-17-23(32)29(2)16-22-26-20-8-4-5-9-21(20)34-22/h4-5,8-13H,3,6-7,14-17H2,1-2H3. The van der Waals surface area contributed by atoms with Gasteiger partial charge in [0.1, 0.15) is 5.01 Å². The summed E-state index contributed by atoms with van der Waals surface area (Å²) in [6, 6.07) is 16.4. The number of nitrogens with zero attached hydrogens (tertiary/aromatic N) is 6. The van der Waals surface area contributed by atoms with Crippen LogP contribution in [0.25, 0.3) is 15.9 Å². The van der Waals surface area contributed by atoms with E-state index in [4.69, 9.17) is 0 Å². The molecular formula is C25H28N6OS2. The first-order valence-electron chi connectivity index (χ1n) is 11.6. The number of aryl methyl sites for hydroxylation is 1. The van der Waals surface area contributed by atoms with Crippen LogP contribution in [-0.2, 0) is 11.3 Å². The average Bonchev–Trinajstić information content (AvgIpc) is 3.47. The van der Waals surface area contributed by atoms with Gasteiger partial charge in [-0.15, -0.1) is 21.5 Å². The molecule has 0 spiro atoms. The molecule has 1 amide bonds. The number of anilines is 1. The summed E-state index contributed by atoms with van der Waals surface area (Å²) in [4.78, 5) is 21.7. The monoisotopic (exact) mass is 492 g/mol. The van der Waals surface area contributed by atoms with Crippen molar-refractivity contribution in [2.45, 2.75) is 37.9 Å². The normalized spacial score (nSPS) is 14.0. The molecule has 1 fully saturated rings. The van der Waals surface area contributed by atoms with Crippen molar-refractivity contribution in [3.63, 3.8) is 0 Å². The number of piperidine rings is 1. The highest BCUT2D eigenvalue weighted by Crippen LogP contribution is 2.29. The zero-order valence-electron chi connectivity index (χ0n) is 19.5. The number of thioether (sulfide) groups is 1. The van der Waals surface area contributed by atoms with Crippen LogP contribution in [-0.4, -0.2) is 56.4 Å². The summed E-state index contributed by atoms with van der Waals surface area (Å²) in [5.74, 6) is 1.20. The maximum absolute atomic E-state index is 13.0. The Bertz CT molecular complexity index is 1240. The molecule has 2 aromatic heterocycles. The molecule has 176 valence electrons. The maximum atomic E-state index is 13.0. The molecule has 4 aromatic rings. The second kappa shape index (κ2) is 10.1. The lowest BCUT2D eigenvalue weighted by molar-refractivity contribution is -0.127. The minimum Gasteiger partial charge on any atom is -0.341 e. The SMILES string of the molecule is Cc1ccc(-n2c(SCC(=O)N(C)Cc3nc4ccccc4s3)nnc2N2CCCCC2)cc1. The molecule has 1 aliphatic rings. The second-order valence-corrected chi connectivity index (χ2v) is 10.7. The summed E-state index contributed by atoms with van der Waals surface area (Å²) in [6.07, 6.45) is 3.59. The number of hydrogen-bond donors (Lipinski definition) is 0. The zero-order chi connectivity index (χ0) is 23.5. The molecule has 7 nitrogen and oxygen atoms in total. The van der Waals surface area contributed by atoms with Crippen molar-refractivity contribution in [1.29, 1.82) is 0 Å². The lowest BCUT2D eigenvalue weighted by Gasteiger charge is -2.27. The molecular weight excluding hydrogens is 464 g/mol. The number of rotatable bonds is 7. The molecule has 3 heterocycles. The van der Waals surface area contributed by atoms with Gasteiger partial charge >= 0.3 is 0 Å². The fourth-order valence-electron chi connectivity index (χ4n) is 4.09. The molecule has 5 rings (SSSR count). The Morgan fingerprint density at radius 2 is 1.82 bits per heavy atom. The van der Waals surface area contributed by atoms with E-state index in [9.17, 15) is 4.79 Å². The van der Waals surface area contributed by atoms with E-state index in [1.807, 2.05) is 25.2 Å². The summed E-state index contributed by atoms with van der Waals surface area (Å²) in [7, 11) is 1.83. The molecule has 0 unspecified atom stereocenters. The predicted octanol–water partition coefficient (Wildman–Crippen LogP) is 4.93. The number of benzene rings is 2. The van der Waals surface area contributed by atoms with Crippen LogP contribution in [0.2, 0.25) is 0 Å². The number of amides is 1.